The second-order valence-corrected chi connectivity index (χ2v) is 3.02. The van der Waals surface area contributed by atoms with Crippen molar-refractivity contribution in [3.05, 3.63) is 0 Å². The summed E-state index contributed by atoms with van der Waals surface area (Å²) in [5.74, 6) is 0.833. The predicted molar refractivity (Wildman–Crippen MR) is 70.5 cm³/mol. The fourth-order valence-corrected chi connectivity index (χ4v) is 0. The normalized spacial score (nSPS) is 9.00. The topological polar surface area (TPSA) is 0 Å². The first-order chi connectivity index (χ1) is 7.29. The second kappa shape index (κ2) is 58.1. The Labute approximate surface area is 93.4 Å². The van der Waals surface area contributed by atoms with Crippen molar-refractivity contribution in [3.8, 4) is 0 Å². The third-order valence-electron chi connectivity index (χ3n) is 0. The standard InChI is InChI=1S/C4H10.2C3H8.C2H6.CH4/c1-4(2)3;2*1-3-2;1-2;/h4H,1-3H3;2*3H2,1-2H3;1-2H3;1H4/i;3D;;1T;1D. The van der Waals surface area contributed by atoms with Crippen LogP contribution in [0.3, 0.4) is 0 Å². The molecule has 0 saturated heterocycles. The molecule has 0 atom stereocenters. The maximum absolute atomic E-state index is 6.58. The zero-order valence-electron chi connectivity index (χ0n) is 14.6. The van der Waals surface area contributed by atoms with Crippen LogP contribution in [0.15, 0.2) is 0 Å². The van der Waals surface area contributed by atoms with Crippen LogP contribution in [-0.2, 0) is 0 Å². The van der Waals surface area contributed by atoms with Crippen LogP contribution in [0.25, 0.3) is 0 Å². The smallest absolute Gasteiger partial charge is 0.0261 e. The number of hydrogen-bond donors (Lipinski definition) is 0. The first-order valence-corrected chi connectivity index (χ1v) is 5.01. The summed E-state index contributed by atoms with van der Waals surface area (Å²) < 4.78 is 18.5. The SMILES string of the molecule is CC(C)C.CCC.[2H]C.[2H]C(C)C.[3H]CC. The molecule has 0 spiro atoms. The van der Waals surface area contributed by atoms with E-state index in [1.807, 2.05) is 13.8 Å². The van der Waals surface area contributed by atoms with Crippen LogP contribution in [0, 0.1) is 5.92 Å². The van der Waals surface area contributed by atoms with Crippen LogP contribution >= 0.6 is 0 Å². The van der Waals surface area contributed by atoms with E-state index in [4.69, 9.17) is 4.11 Å². The number of hydrogen-bond acceptors (Lipinski definition) is 0. The van der Waals surface area contributed by atoms with Gasteiger partial charge in [0.15, 0.2) is 0 Å². The molecule has 0 heterocycles. The van der Waals surface area contributed by atoms with Crippen molar-refractivity contribution in [2.24, 2.45) is 5.92 Å². The van der Waals surface area contributed by atoms with Gasteiger partial charge in [-0.25, -0.2) is 0 Å². The summed E-state index contributed by atoms with van der Waals surface area (Å²) in [4.78, 5) is 0. The van der Waals surface area contributed by atoms with Gasteiger partial charge < -0.3 is 0 Å². The molecule has 0 nitrogen and oxygen atoms in total. The van der Waals surface area contributed by atoms with Crippen molar-refractivity contribution in [3.63, 3.8) is 0 Å². The minimum Gasteiger partial charge on any atom is -0.0776 e. The maximum atomic E-state index is 6.58. The van der Waals surface area contributed by atoms with Crippen LogP contribution in [-0.4, -0.2) is 0 Å². The van der Waals surface area contributed by atoms with Gasteiger partial charge >= 0.3 is 0 Å². The summed E-state index contributed by atoms with van der Waals surface area (Å²) in [5.41, 5.74) is 0. The highest BCUT2D eigenvalue weighted by Gasteiger charge is 1.68. The van der Waals surface area contributed by atoms with Gasteiger partial charge in [-0.1, -0.05) is 82.5 Å². The van der Waals surface area contributed by atoms with Gasteiger partial charge in [0.25, 0.3) is 0 Å². The van der Waals surface area contributed by atoms with Gasteiger partial charge in [-0.2, -0.15) is 0 Å². The van der Waals surface area contributed by atoms with E-state index in [9.17, 15) is 0 Å². The molecule has 0 saturated carbocycles. The van der Waals surface area contributed by atoms with Gasteiger partial charge in [-0.15, -0.1) is 0 Å². The van der Waals surface area contributed by atoms with E-state index in [2.05, 4.69) is 34.6 Å². The fourth-order valence-electron chi connectivity index (χ4n) is 0. The lowest BCUT2D eigenvalue weighted by Crippen LogP contribution is -1.66. The Kier molecular flexibility index (Phi) is 69.1. The molecule has 0 aliphatic carbocycles. The molecular formula is C13H36. The van der Waals surface area contributed by atoms with Crippen LogP contribution < -0.4 is 0 Å². The average molecular weight is 196 g/mol. The largest absolute Gasteiger partial charge is 0.0776 e. The van der Waals surface area contributed by atoms with E-state index in [1.54, 1.807) is 6.92 Å². The molecule has 0 radical (unpaired) electrons. The Bertz CT molecular complexity index is 41.6. The fraction of sp³-hybridized carbons (Fsp3) is 1.00. The molecule has 0 bridgehead atoms. The van der Waals surface area contributed by atoms with E-state index in [0.717, 1.165) is 5.92 Å². The van der Waals surface area contributed by atoms with Crippen LogP contribution in [0.2, 0.25) is 0 Å². The highest BCUT2D eigenvalue weighted by molar-refractivity contribution is 4.20. The molecule has 0 N–H and O–H groups in total. The van der Waals surface area contributed by atoms with Crippen molar-refractivity contribution in [2.45, 2.75) is 82.5 Å². The van der Waals surface area contributed by atoms with Gasteiger partial charge in [0.1, 0.15) is 0 Å². The summed E-state index contributed by atoms with van der Waals surface area (Å²) in [7, 11) is 1.25. The van der Waals surface area contributed by atoms with Crippen molar-refractivity contribution in [1.82, 2.24) is 0 Å². The Morgan fingerprint density at radius 2 is 1.23 bits per heavy atom. The van der Waals surface area contributed by atoms with E-state index >= 15 is 0 Å². The zero-order chi connectivity index (χ0) is 14.6. The molecule has 0 unspecified atom stereocenters. The minimum atomic E-state index is 0.0833. The maximum Gasteiger partial charge on any atom is 0.0261 e. The van der Waals surface area contributed by atoms with Crippen LogP contribution in [0.4, 0.5) is 0 Å². The molecule has 0 amide bonds. The zero-order valence-corrected chi connectivity index (χ0v) is 11.6. The van der Waals surface area contributed by atoms with E-state index < -0.39 is 0 Å². The summed E-state index contributed by atoms with van der Waals surface area (Å²) in [6.45, 7) is 16.7. The third-order valence-corrected chi connectivity index (χ3v) is 0. The molecule has 0 fully saturated rings. The Morgan fingerprint density at radius 3 is 1.23 bits per heavy atom. The summed E-state index contributed by atoms with van der Waals surface area (Å²) in [6, 6.07) is 0. The van der Waals surface area contributed by atoms with E-state index in [1.165, 1.54) is 13.8 Å². The second-order valence-electron chi connectivity index (χ2n) is 3.02. The highest BCUT2D eigenvalue weighted by atomic mass is 13.7. The molecule has 0 aromatic heterocycles. The van der Waals surface area contributed by atoms with Crippen molar-refractivity contribution < 1.29 is 4.11 Å². The first kappa shape index (κ1) is 15.5. The molecule has 0 aromatic carbocycles. The van der Waals surface area contributed by atoms with Crippen LogP contribution in [0.1, 0.15) is 86.6 Å². The monoisotopic (exact) mass is 196 g/mol. The molecule has 0 aliphatic heterocycles. The van der Waals surface area contributed by atoms with Crippen LogP contribution in [0.5, 0.6) is 0 Å². The summed E-state index contributed by atoms with van der Waals surface area (Å²) in [5, 5.41) is 0. The minimum absolute atomic E-state index is 0.0833. The van der Waals surface area contributed by atoms with E-state index in [-0.39, 0.29) is 6.40 Å². The Hall–Kier alpha value is 0. The van der Waals surface area contributed by atoms with Gasteiger partial charge in [-0.05, 0) is 5.92 Å². The lowest BCUT2D eigenvalue weighted by Gasteiger charge is -1.79. The van der Waals surface area contributed by atoms with Gasteiger partial charge in [0.2, 0.25) is 0 Å². The van der Waals surface area contributed by atoms with Gasteiger partial charge in [0.05, 0.1) is 0 Å². The molecule has 0 rings (SSSR count). The van der Waals surface area contributed by atoms with E-state index in [0.29, 0.717) is 6.90 Å². The van der Waals surface area contributed by atoms with Crippen molar-refractivity contribution >= 4 is 0 Å². The summed E-state index contributed by atoms with van der Waals surface area (Å²) in [6.07, 6.45) is 1.33. The molecule has 0 heteroatoms. The first-order valence-electron chi connectivity index (χ1n) is 7.29. The lowest BCUT2D eigenvalue weighted by atomic mass is 10.3. The number of rotatable bonds is 0. The molecule has 0 aliphatic rings. The molecule has 0 aromatic rings. The predicted octanol–water partition coefficient (Wildman–Crippen LogP) is 6.16. The summed E-state index contributed by atoms with van der Waals surface area (Å²) >= 11 is 0. The van der Waals surface area contributed by atoms with Crippen molar-refractivity contribution in [1.29, 1.82) is 0 Å². The van der Waals surface area contributed by atoms with Gasteiger partial charge in [-0.3, -0.25) is 0 Å². The molecule has 13 heavy (non-hydrogen) atoms. The molecular weight excluding hydrogens is 156 g/mol. The third kappa shape index (κ3) is 0. The lowest BCUT2D eigenvalue weighted by molar-refractivity contribution is 0.737. The average Bonchev–Trinajstić information content (AvgIpc) is 2.07. The highest BCUT2D eigenvalue weighted by Crippen LogP contribution is 1.81. The molecule has 88 valence electrons. The Morgan fingerprint density at radius 1 is 1.23 bits per heavy atom. The van der Waals surface area contributed by atoms with Crippen molar-refractivity contribution in [2.75, 3.05) is 0 Å². The quantitative estimate of drug-likeness (QED) is 0.435. The Balaban J connectivity index is -0.0000000322. The van der Waals surface area contributed by atoms with Gasteiger partial charge in [0, 0.05) is 4.11 Å².